The molecule has 0 unspecified atom stereocenters. The summed E-state index contributed by atoms with van der Waals surface area (Å²) in [6.07, 6.45) is 5.15. The fourth-order valence-corrected chi connectivity index (χ4v) is 4.45. The molecule has 3 aliphatic rings. The third-order valence-electron chi connectivity index (χ3n) is 5.53. The van der Waals surface area contributed by atoms with Gasteiger partial charge in [-0.25, -0.2) is 4.90 Å². The minimum atomic E-state index is -0.576. The molecular formula is C17H16ClNO2. The Kier molecular flexibility index (Phi) is 2.48. The van der Waals surface area contributed by atoms with Gasteiger partial charge in [-0.05, 0) is 49.8 Å². The Morgan fingerprint density at radius 1 is 1.29 bits per heavy atom. The van der Waals surface area contributed by atoms with Crippen LogP contribution in [0.3, 0.4) is 0 Å². The molecule has 2 fully saturated rings. The number of carbonyl (C=O) groups excluding carboxylic acids is 2. The Morgan fingerprint density at radius 3 is 2.71 bits per heavy atom. The lowest BCUT2D eigenvalue weighted by atomic mass is 9.71. The Hall–Kier alpha value is -1.61. The first-order chi connectivity index (χ1) is 9.94. The molecule has 2 aliphatic carbocycles. The lowest BCUT2D eigenvalue weighted by Gasteiger charge is -2.28. The van der Waals surface area contributed by atoms with Crippen LogP contribution in [0.1, 0.15) is 18.9 Å². The second-order valence-electron chi connectivity index (χ2n) is 6.56. The standard InChI is InChI=1S/C17H16ClNO2/c1-9-3-6-12(8-13(9)18)19-15(20)14-10-4-5-11(7-10)17(14,2)16(19)21/h3-6,8,10-11,14H,7H2,1-2H3/t10-,11-,14+,17+/m1/s1. The van der Waals surface area contributed by atoms with Crippen molar-refractivity contribution in [1.82, 2.24) is 0 Å². The molecule has 0 aromatic heterocycles. The predicted molar refractivity (Wildman–Crippen MR) is 81.0 cm³/mol. The molecule has 108 valence electrons. The molecule has 0 N–H and O–H groups in total. The van der Waals surface area contributed by atoms with E-state index in [-0.39, 0.29) is 29.6 Å². The maximum Gasteiger partial charge on any atom is 0.241 e. The first-order valence-corrected chi connectivity index (χ1v) is 7.65. The van der Waals surface area contributed by atoms with Gasteiger partial charge >= 0.3 is 0 Å². The summed E-state index contributed by atoms with van der Waals surface area (Å²) in [5, 5.41) is 0.580. The number of nitrogens with zero attached hydrogens (tertiary/aromatic N) is 1. The van der Waals surface area contributed by atoms with Crippen LogP contribution >= 0.6 is 11.6 Å². The van der Waals surface area contributed by atoms with Crippen molar-refractivity contribution in [2.24, 2.45) is 23.2 Å². The average Bonchev–Trinajstić information content (AvgIpc) is 3.07. The van der Waals surface area contributed by atoms with Crippen LogP contribution in [0.4, 0.5) is 5.69 Å². The number of fused-ring (bicyclic) bond motifs is 5. The molecule has 0 radical (unpaired) electrons. The highest BCUT2D eigenvalue weighted by Gasteiger charge is 2.67. The van der Waals surface area contributed by atoms with Crippen LogP contribution in [0, 0.1) is 30.1 Å². The minimum absolute atomic E-state index is 0.0701. The van der Waals surface area contributed by atoms with Crippen LogP contribution in [-0.2, 0) is 9.59 Å². The number of hydrogen-bond donors (Lipinski definition) is 0. The smallest absolute Gasteiger partial charge is 0.241 e. The first-order valence-electron chi connectivity index (χ1n) is 7.27. The van der Waals surface area contributed by atoms with E-state index < -0.39 is 5.41 Å². The number of aryl methyl sites for hydroxylation is 1. The Bertz CT molecular complexity index is 711. The van der Waals surface area contributed by atoms with Crippen molar-refractivity contribution in [3.05, 3.63) is 40.9 Å². The van der Waals surface area contributed by atoms with E-state index in [0.717, 1.165) is 12.0 Å². The fraction of sp³-hybridized carbons (Fsp3) is 0.412. The summed E-state index contributed by atoms with van der Waals surface area (Å²) >= 11 is 6.15. The molecule has 1 aromatic carbocycles. The van der Waals surface area contributed by atoms with Crippen molar-refractivity contribution in [2.75, 3.05) is 4.90 Å². The molecule has 4 rings (SSSR count). The van der Waals surface area contributed by atoms with Crippen LogP contribution in [0.2, 0.25) is 5.02 Å². The van der Waals surface area contributed by atoms with Gasteiger partial charge in [-0.15, -0.1) is 0 Å². The third kappa shape index (κ3) is 1.45. The molecule has 21 heavy (non-hydrogen) atoms. The largest absolute Gasteiger partial charge is 0.274 e. The van der Waals surface area contributed by atoms with Crippen molar-refractivity contribution in [3.63, 3.8) is 0 Å². The second kappa shape index (κ2) is 3.98. The molecule has 1 saturated heterocycles. The van der Waals surface area contributed by atoms with Gasteiger partial charge in [-0.3, -0.25) is 9.59 Å². The van der Waals surface area contributed by atoms with Crippen LogP contribution in [0.25, 0.3) is 0 Å². The normalized spacial score (nSPS) is 36.7. The maximum absolute atomic E-state index is 12.9. The number of amides is 2. The van der Waals surface area contributed by atoms with E-state index in [2.05, 4.69) is 12.2 Å². The van der Waals surface area contributed by atoms with E-state index >= 15 is 0 Å². The molecule has 1 saturated carbocycles. The van der Waals surface area contributed by atoms with Crippen molar-refractivity contribution < 1.29 is 9.59 Å². The highest BCUT2D eigenvalue weighted by Crippen LogP contribution is 2.60. The minimum Gasteiger partial charge on any atom is -0.274 e. The van der Waals surface area contributed by atoms with E-state index in [9.17, 15) is 9.59 Å². The van der Waals surface area contributed by atoms with E-state index in [1.54, 1.807) is 12.1 Å². The Labute approximate surface area is 128 Å². The highest BCUT2D eigenvalue weighted by molar-refractivity contribution is 6.32. The van der Waals surface area contributed by atoms with E-state index in [4.69, 9.17) is 11.6 Å². The molecule has 2 bridgehead atoms. The zero-order valence-electron chi connectivity index (χ0n) is 12.0. The number of hydrogen-bond acceptors (Lipinski definition) is 2. The Balaban J connectivity index is 1.81. The topological polar surface area (TPSA) is 37.4 Å². The first kappa shape index (κ1) is 13.1. The number of imide groups is 1. The summed E-state index contributed by atoms with van der Waals surface area (Å²) in [6.45, 7) is 3.85. The quantitative estimate of drug-likeness (QED) is 0.589. The van der Waals surface area contributed by atoms with Gasteiger partial charge in [0.25, 0.3) is 0 Å². The van der Waals surface area contributed by atoms with Crippen molar-refractivity contribution in [1.29, 1.82) is 0 Å². The molecular weight excluding hydrogens is 286 g/mol. The van der Waals surface area contributed by atoms with Gasteiger partial charge in [0.15, 0.2) is 0 Å². The SMILES string of the molecule is Cc1ccc(N2C(=O)[C@@H]3[C@@H]4C=C[C@H](C4)[C@]3(C)C2=O)cc1Cl. The molecule has 4 heteroatoms. The maximum atomic E-state index is 12.9. The third-order valence-corrected chi connectivity index (χ3v) is 5.93. The predicted octanol–water partition coefficient (Wildman–Crippen LogP) is 3.35. The van der Waals surface area contributed by atoms with E-state index in [1.807, 2.05) is 19.9 Å². The van der Waals surface area contributed by atoms with Crippen molar-refractivity contribution >= 4 is 29.1 Å². The van der Waals surface area contributed by atoms with Crippen LogP contribution in [0.15, 0.2) is 30.4 Å². The number of anilines is 1. The zero-order chi connectivity index (χ0) is 14.9. The summed E-state index contributed by atoms with van der Waals surface area (Å²) in [5.41, 5.74) is 0.955. The van der Waals surface area contributed by atoms with Crippen molar-refractivity contribution in [2.45, 2.75) is 20.3 Å². The molecule has 3 nitrogen and oxygen atoms in total. The van der Waals surface area contributed by atoms with Gasteiger partial charge in [0.2, 0.25) is 11.8 Å². The van der Waals surface area contributed by atoms with Crippen LogP contribution < -0.4 is 4.90 Å². The van der Waals surface area contributed by atoms with E-state index in [1.165, 1.54) is 4.90 Å². The number of benzene rings is 1. The summed E-state index contributed by atoms with van der Waals surface area (Å²) in [5.74, 6) is 0.0471. The number of carbonyl (C=O) groups is 2. The number of allylic oxidation sites excluding steroid dienone is 2. The van der Waals surface area contributed by atoms with Crippen LogP contribution in [-0.4, -0.2) is 11.8 Å². The molecule has 4 atom stereocenters. The average molecular weight is 302 g/mol. The summed E-state index contributed by atoms with van der Waals surface area (Å²) in [4.78, 5) is 27.1. The van der Waals surface area contributed by atoms with Gasteiger partial charge in [-0.2, -0.15) is 0 Å². The number of halogens is 1. The monoisotopic (exact) mass is 301 g/mol. The van der Waals surface area contributed by atoms with E-state index in [0.29, 0.717) is 10.7 Å². The second-order valence-corrected chi connectivity index (χ2v) is 6.97. The van der Waals surface area contributed by atoms with Gasteiger partial charge in [0.1, 0.15) is 0 Å². The highest BCUT2D eigenvalue weighted by atomic mass is 35.5. The van der Waals surface area contributed by atoms with Crippen molar-refractivity contribution in [3.8, 4) is 0 Å². The van der Waals surface area contributed by atoms with Gasteiger partial charge in [0, 0.05) is 5.02 Å². The summed E-state index contributed by atoms with van der Waals surface area (Å²) in [6, 6.07) is 5.37. The van der Waals surface area contributed by atoms with Gasteiger partial charge in [-0.1, -0.05) is 29.8 Å². The number of rotatable bonds is 1. The summed E-state index contributed by atoms with van der Waals surface area (Å²) < 4.78 is 0. The van der Waals surface area contributed by atoms with Gasteiger partial charge < -0.3 is 0 Å². The molecule has 2 amide bonds. The molecule has 0 spiro atoms. The summed E-state index contributed by atoms with van der Waals surface area (Å²) in [7, 11) is 0. The molecule has 1 aromatic rings. The Morgan fingerprint density at radius 2 is 2.05 bits per heavy atom. The fourth-order valence-electron chi connectivity index (χ4n) is 4.27. The van der Waals surface area contributed by atoms with Crippen LogP contribution in [0.5, 0.6) is 0 Å². The lowest BCUT2D eigenvalue weighted by Crippen LogP contribution is -2.37. The van der Waals surface area contributed by atoms with Gasteiger partial charge in [0.05, 0.1) is 17.0 Å². The zero-order valence-corrected chi connectivity index (χ0v) is 12.7. The molecule has 1 aliphatic heterocycles. The lowest BCUT2D eigenvalue weighted by molar-refractivity contribution is -0.127. The molecule has 1 heterocycles.